The zero-order chi connectivity index (χ0) is 14.2. The van der Waals surface area contributed by atoms with Gasteiger partial charge in [0.2, 0.25) is 0 Å². The van der Waals surface area contributed by atoms with Crippen molar-refractivity contribution in [3.05, 3.63) is 35.9 Å². The topological polar surface area (TPSA) is 51.2 Å². The summed E-state index contributed by atoms with van der Waals surface area (Å²) in [5.74, 6) is -2.49. The minimum absolute atomic E-state index is 0.149. The molecule has 1 fully saturated rings. The molecule has 1 saturated carbocycles. The molecule has 2 unspecified atom stereocenters. The van der Waals surface area contributed by atoms with E-state index in [9.17, 15) is 14.4 Å². The summed E-state index contributed by atoms with van der Waals surface area (Å²) in [5, 5.41) is -0.803. The Labute approximate surface area is 116 Å². The van der Waals surface area contributed by atoms with Crippen molar-refractivity contribution in [1.82, 2.24) is 0 Å². The molecule has 0 amide bonds. The van der Waals surface area contributed by atoms with Crippen LogP contribution in [0.25, 0.3) is 0 Å². The fourth-order valence-electron chi connectivity index (χ4n) is 2.38. The van der Waals surface area contributed by atoms with Crippen molar-refractivity contribution in [2.24, 2.45) is 11.3 Å². The van der Waals surface area contributed by atoms with Crippen molar-refractivity contribution in [2.45, 2.75) is 25.6 Å². The first-order valence-corrected chi connectivity index (χ1v) is 6.58. The number of ketones is 3. The molecular weight excluding hydrogens is 264 g/mol. The van der Waals surface area contributed by atoms with Gasteiger partial charge in [-0.05, 0) is 5.41 Å². The molecule has 1 aliphatic rings. The first kappa shape index (κ1) is 13.9. The zero-order valence-electron chi connectivity index (χ0n) is 10.9. The number of benzene rings is 1. The Balaban J connectivity index is 2.33. The summed E-state index contributed by atoms with van der Waals surface area (Å²) in [7, 11) is 0. The lowest BCUT2D eigenvalue weighted by Gasteiger charge is -2.35. The van der Waals surface area contributed by atoms with E-state index in [0.717, 1.165) is 0 Å². The van der Waals surface area contributed by atoms with Crippen LogP contribution in [-0.4, -0.2) is 22.7 Å². The molecule has 4 heteroatoms. The highest BCUT2D eigenvalue weighted by Crippen LogP contribution is 2.38. The average Bonchev–Trinajstić information content (AvgIpc) is 2.36. The summed E-state index contributed by atoms with van der Waals surface area (Å²) in [6.07, 6.45) is 0.149. The zero-order valence-corrected chi connectivity index (χ0v) is 11.6. The second-order valence-corrected chi connectivity index (χ2v) is 6.00. The van der Waals surface area contributed by atoms with Gasteiger partial charge in [-0.25, -0.2) is 0 Å². The Kier molecular flexibility index (Phi) is 3.59. The lowest BCUT2D eigenvalue weighted by atomic mass is 9.69. The maximum atomic E-state index is 12.3. The van der Waals surface area contributed by atoms with Gasteiger partial charge in [0, 0.05) is 12.0 Å². The number of carbonyl (C=O) groups is 3. The molecule has 3 nitrogen and oxygen atoms in total. The van der Waals surface area contributed by atoms with Gasteiger partial charge in [0.05, 0.1) is 5.38 Å². The maximum absolute atomic E-state index is 12.3. The van der Waals surface area contributed by atoms with Crippen LogP contribution in [0.3, 0.4) is 0 Å². The van der Waals surface area contributed by atoms with E-state index < -0.39 is 28.3 Å². The Hall–Kier alpha value is -1.48. The molecule has 0 N–H and O–H groups in total. The Bertz CT molecular complexity index is 534. The third-order valence-electron chi connectivity index (χ3n) is 3.49. The summed E-state index contributed by atoms with van der Waals surface area (Å²) in [5.41, 5.74) is -0.221. The molecule has 0 aromatic heterocycles. The van der Waals surface area contributed by atoms with Crippen LogP contribution < -0.4 is 0 Å². The molecule has 19 heavy (non-hydrogen) atoms. The second kappa shape index (κ2) is 4.89. The summed E-state index contributed by atoms with van der Waals surface area (Å²) >= 11 is 6.10. The minimum atomic E-state index is -1.24. The van der Waals surface area contributed by atoms with Gasteiger partial charge in [-0.1, -0.05) is 44.2 Å². The van der Waals surface area contributed by atoms with Gasteiger partial charge < -0.3 is 0 Å². The van der Waals surface area contributed by atoms with E-state index in [0.29, 0.717) is 5.56 Å². The van der Waals surface area contributed by atoms with Crippen LogP contribution in [0.1, 0.15) is 30.6 Å². The molecule has 0 heterocycles. The standard InChI is InChI=1S/C15H15ClO3/c1-15(2)8-10(17)11(13(19)14(15)16)12(18)9-6-4-3-5-7-9/h3-7,11,14H,8H2,1-2H3. The number of carbonyl (C=O) groups excluding carboxylic acids is 3. The SMILES string of the molecule is CC1(C)CC(=O)C(C(=O)c2ccccc2)C(=O)C1Cl. The van der Waals surface area contributed by atoms with Gasteiger partial charge >= 0.3 is 0 Å². The maximum Gasteiger partial charge on any atom is 0.180 e. The van der Waals surface area contributed by atoms with Crippen LogP contribution in [0.15, 0.2) is 30.3 Å². The van der Waals surface area contributed by atoms with Crippen LogP contribution in [0.4, 0.5) is 0 Å². The average molecular weight is 279 g/mol. The summed E-state index contributed by atoms with van der Waals surface area (Å²) < 4.78 is 0. The van der Waals surface area contributed by atoms with Crippen LogP contribution in [0.2, 0.25) is 0 Å². The molecule has 1 aromatic carbocycles. The van der Waals surface area contributed by atoms with Crippen LogP contribution >= 0.6 is 11.6 Å². The van der Waals surface area contributed by atoms with E-state index >= 15 is 0 Å². The summed E-state index contributed by atoms with van der Waals surface area (Å²) in [4.78, 5) is 36.5. The van der Waals surface area contributed by atoms with Crippen LogP contribution in [0, 0.1) is 11.3 Å². The van der Waals surface area contributed by atoms with Gasteiger partial charge in [-0.15, -0.1) is 11.6 Å². The van der Waals surface area contributed by atoms with Gasteiger partial charge in [0.25, 0.3) is 0 Å². The van der Waals surface area contributed by atoms with Gasteiger partial charge in [-0.2, -0.15) is 0 Å². The van der Waals surface area contributed by atoms with E-state index in [1.165, 1.54) is 0 Å². The number of hydrogen-bond donors (Lipinski definition) is 0. The molecule has 0 bridgehead atoms. The summed E-state index contributed by atoms with van der Waals surface area (Å²) in [6.45, 7) is 3.54. The predicted octanol–water partition coefficient (Wildman–Crippen LogP) is 2.66. The number of halogens is 1. The molecule has 100 valence electrons. The lowest BCUT2D eigenvalue weighted by molar-refractivity contribution is -0.136. The number of hydrogen-bond acceptors (Lipinski definition) is 3. The van der Waals surface area contributed by atoms with E-state index in [1.807, 2.05) is 0 Å². The molecule has 2 atom stereocenters. The normalized spacial score (nSPS) is 26.3. The molecular formula is C15H15ClO3. The molecule has 1 aromatic rings. The Morgan fingerprint density at radius 1 is 1.21 bits per heavy atom. The van der Waals surface area contributed by atoms with Gasteiger partial charge in [0.1, 0.15) is 5.92 Å². The monoisotopic (exact) mass is 278 g/mol. The van der Waals surface area contributed by atoms with Crippen molar-refractivity contribution in [1.29, 1.82) is 0 Å². The van der Waals surface area contributed by atoms with Crippen molar-refractivity contribution < 1.29 is 14.4 Å². The molecule has 0 radical (unpaired) electrons. The Morgan fingerprint density at radius 3 is 2.37 bits per heavy atom. The first-order chi connectivity index (χ1) is 8.84. The van der Waals surface area contributed by atoms with Crippen molar-refractivity contribution in [3.63, 3.8) is 0 Å². The van der Waals surface area contributed by atoms with Crippen molar-refractivity contribution in [2.75, 3.05) is 0 Å². The van der Waals surface area contributed by atoms with Gasteiger partial charge in [-0.3, -0.25) is 14.4 Å². The molecule has 0 aliphatic heterocycles. The molecule has 0 saturated heterocycles. The van der Waals surface area contributed by atoms with E-state index in [-0.39, 0.29) is 12.2 Å². The van der Waals surface area contributed by atoms with Gasteiger partial charge in [0.15, 0.2) is 17.3 Å². The minimum Gasteiger partial charge on any atom is -0.298 e. The largest absolute Gasteiger partial charge is 0.298 e. The summed E-state index contributed by atoms with van der Waals surface area (Å²) in [6, 6.07) is 8.38. The quantitative estimate of drug-likeness (QED) is 0.475. The van der Waals surface area contributed by atoms with E-state index in [4.69, 9.17) is 11.6 Å². The molecule has 2 rings (SSSR count). The number of alkyl halides is 1. The van der Waals surface area contributed by atoms with Crippen molar-refractivity contribution in [3.8, 4) is 0 Å². The highest BCUT2D eigenvalue weighted by Gasteiger charge is 2.49. The number of rotatable bonds is 2. The van der Waals surface area contributed by atoms with Crippen molar-refractivity contribution >= 4 is 29.0 Å². The lowest BCUT2D eigenvalue weighted by Crippen LogP contribution is -2.49. The second-order valence-electron chi connectivity index (χ2n) is 5.56. The highest BCUT2D eigenvalue weighted by molar-refractivity contribution is 6.39. The third-order valence-corrected chi connectivity index (χ3v) is 4.30. The fraction of sp³-hybridized carbons (Fsp3) is 0.400. The third kappa shape index (κ3) is 2.47. The molecule has 1 aliphatic carbocycles. The highest BCUT2D eigenvalue weighted by atomic mass is 35.5. The molecule has 0 spiro atoms. The Morgan fingerprint density at radius 2 is 1.79 bits per heavy atom. The first-order valence-electron chi connectivity index (χ1n) is 6.14. The number of Topliss-reactive ketones (excluding diaryl/α,β-unsaturated/α-hetero) is 3. The van der Waals surface area contributed by atoms with E-state index in [1.54, 1.807) is 44.2 Å². The smallest absolute Gasteiger partial charge is 0.180 e. The van der Waals surface area contributed by atoms with Crippen LogP contribution in [-0.2, 0) is 9.59 Å². The van der Waals surface area contributed by atoms with E-state index in [2.05, 4.69) is 0 Å². The fourth-order valence-corrected chi connectivity index (χ4v) is 2.58. The predicted molar refractivity (Wildman–Crippen MR) is 72.3 cm³/mol. The van der Waals surface area contributed by atoms with Crippen LogP contribution in [0.5, 0.6) is 0 Å².